The lowest BCUT2D eigenvalue weighted by Gasteiger charge is -2.25. The third-order valence-electron chi connectivity index (χ3n) is 1.69. The summed E-state index contributed by atoms with van der Waals surface area (Å²) in [6, 6.07) is 0. The Hall–Kier alpha value is -0.0600. The van der Waals surface area contributed by atoms with Gasteiger partial charge in [-0.25, -0.2) is 0 Å². The fourth-order valence-electron chi connectivity index (χ4n) is 1.30. The SMILES string of the molecule is CC(C)CN(CC(C)C)C(=O)/C=C\I. The van der Waals surface area contributed by atoms with Gasteiger partial charge in [0.25, 0.3) is 0 Å². The van der Waals surface area contributed by atoms with Crippen molar-refractivity contribution in [2.45, 2.75) is 27.7 Å². The van der Waals surface area contributed by atoms with Crippen molar-refractivity contribution in [3.05, 3.63) is 10.2 Å². The first-order valence-electron chi connectivity index (χ1n) is 5.03. The van der Waals surface area contributed by atoms with Crippen molar-refractivity contribution in [1.82, 2.24) is 4.90 Å². The van der Waals surface area contributed by atoms with Gasteiger partial charge < -0.3 is 4.90 Å². The van der Waals surface area contributed by atoms with Crippen molar-refractivity contribution in [1.29, 1.82) is 0 Å². The molecule has 0 saturated carbocycles. The van der Waals surface area contributed by atoms with E-state index in [2.05, 4.69) is 50.3 Å². The third kappa shape index (κ3) is 6.40. The molecule has 0 aliphatic carbocycles. The summed E-state index contributed by atoms with van der Waals surface area (Å²) in [7, 11) is 0. The molecule has 0 aromatic heterocycles. The monoisotopic (exact) mass is 309 g/mol. The summed E-state index contributed by atoms with van der Waals surface area (Å²) in [4.78, 5) is 13.6. The Kier molecular flexibility index (Phi) is 7.23. The van der Waals surface area contributed by atoms with E-state index in [0.29, 0.717) is 11.8 Å². The summed E-state index contributed by atoms with van der Waals surface area (Å²) in [5.41, 5.74) is 0. The number of carbonyl (C=O) groups is 1. The molecule has 0 unspecified atom stereocenters. The standard InChI is InChI=1S/C11H20INO/c1-9(2)7-13(8-10(3)4)11(14)5-6-12/h5-6,9-10H,7-8H2,1-4H3/b6-5-. The highest BCUT2D eigenvalue weighted by Crippen LogP contribution is 2.05. The minimum Gasteiger partial charge on any atom is -0.339 e. The summed E-state index contributed by atoms with van der Waals surface area (Å²) in [5, 5.41) is 0. The van der Waals surface area contributed by atoms with Crippen LogP contribution in [0.5, 0.6) is 0 Å². The Morgan fingerprint density at radius 1 is 1.21 bits per heavy atom. The average Bonchev–Trinajstić information content (AvgIpc) is 2.01. The molecule has 0 aromatic rings. The van der Waals surface area contributed by atoms with Crippen LogP contribution >= 0.6 is 22.6 Å². The molecule has 0 atom stereocenters. The summed E-state index contributed by atoms with van der Waals surface area (Å²) in [6.07, 6.45) is 1.63. The summed E-state index contributed by atoms with van der Waals surface area (Å²) >= 11 is 2.08. The molecule has 0 rings (SSSR count). The average molecular weight is 309 g/mol. The minimum absolute atomic E-state index is 0.127. The highest BCUT2D eigenvalue weighted by atomic mass is 127. The van der Waals surface area contributed by atoms with E-state index in [1.165, 1.54) is 0 Å². The fourth-order valence-corrected chi connectivity index (χ4v) is 1.60. The molecule has 0 fully saturated rings. The maximum Gasteiger partial charge on any atom is 0.247 e. The number of carbonyl (C=O) groups excluding carboxylic acids is 1. The van der Waals surface area contributed by atoms with Gasteiger partial charge in [0.2, 0.25) is 5.91 Å². The highest BCUT2D eigenvalue weighted by Gasteiger charge is 2.13. The maximum atomic E-state index is 11.6. The molecule has 82 valence electrons. The van der Waals surface area contributed by atoms with Gasteiger partial charge in [-0.1, -0.05) is 50.3 Å². The van der Waals surface area contributed by atoms with Gasteiger partial charge >= 0.3 is 0 Å². The van der Waals surface area contributed by atoms with Crippen molar-refractivity contribution in [2.24, 2.45) is 11.8 Å². The second-order valence-corrected chi connectivity index (χ2v) is 5.04. The molecule has 0 heterocycles. The Bertz CT molecular complexity index is 189. The normalized spacial score (nSPS) is 11.6. The Labute approximate surface area is 101 Å². The quantitative estimate of drug-likeness (QED) is 0.564. The van der Waals surface area contributed by atoms with E-state index in [-0.39, 0.29) is 5.91 Å². The van der Waals surface area contributed by atoms with E-state index in [9.17, 15) is 4.79 Å². The van der Waals surface area contributed by atoms with E-state index in [0.717, 1.165) is 13.1 Å². The molecular weight excluding hydrogens is 289 g/mol. The Morgan fingerprint density at radius 2 is 1.64 bits per heavy atom. The first-order valence-corrected chi connectivity index (χ1v) is 6.27. The van der Waals surface area contributed by atoms with Crippen molar-refractivity contribution in [3.63, 3.8) is 0 Å². The van der Waals surface area contributed by atoms with Crippen LogP contribution in [0.2, 0.25) is 0 Å². The van der Waals surface area contributed by atoms with Crippen LogP contribution in [0.3, 0.4) is 0 Å². The molecule has 0 radical (unpaired) electrons. The predicted octanol–water partition coefficient (Wildman–Crippen LogP) is 3.08. The maximum absolute atomic E-state index is 11.6. The van der Waals surface area contributed by atoms with Gasteiger partial charge in [0, 0.05) is 19.2 Å². The van der Waals surface area contributed by atoms with Gasteiger partial charge in [-0.2, -0.15) is 0 Å². The summed E-state index contributed by atoms with van der Waals surface area (Å²) in [6.45, 7) is 10.2. The fraction of sp³-hybridized carbons (Fsp3) is 0.727. The van der Waals surface area contributed by atoms with E-state index in [1.807, 2.05) is 4.90 Å². The molecule has 0 aliphatic rings. The predicted molar refractivity (Wildman–Crippen MR) is 69.4 cm³/mol. The van der Waals surface area contributed by atoms with Crippen molar-refractivity contribution >= 4 is 28.5 Å². The molecule has 0 aliphatic heterocycles. The second-order valence-electron chi connectivity index (χ2n) is 4.32. The summed E-state index contributed by atoms with van der Waals surface area (Å²) in [5.74, 6) is 1.18. The minimum atomic E-state index is 0.127. The highest BCUT2D eigenvalue weighted by molar-refractivity contribution is 14.1. The Morgan fingerprint density at radius 3 is 1.93 bits per heavy atom. The summed E-state index contributed by atoms with van der Waals surface area (Å²) < 4.78 is 1.77. The van der Waals surface area contributed by atoms with E-state index >= 15 is 0 Å². The zero-order valence-corrected chi connectivity index (χ0v) is 11.6. The molecule has 0 bridgehead atoms. The zero-order valence-electron chi connectivity index (χ0n) is 9.46. The lowest BCUT2D eigenvalue weighted by atomic mass is 10.1. The lowest BCUT2D eigenvalue weighted by molar-refractivity contribution is -0.127. The molecular formula is C11H20INO. The molecule has 0 spiro atoms. The van der Waals surface area contributed by atoms with Gasteiger partial charge in [0.15, 0.2) is 0 Å². The number of rotatable bonds is 5. The van der Waals surface area contributed by atoms with Crippen LogP contribution < -0.4 is 0 Å². The first-order chi connectivity index (χ1) is 6.47. The van der Waals surface area contributed by atoms with Crippen LogP contribution in [-0.4, -0.2) is 23.9 Å². The van der Waals surface area contributed by atoms with Gasteiger partial charge in [-0.3, -0.25) is 4.79 Å². The van der Waals surface area contributed by atoms with Gasteiger partial charge in [0.1, 0.15) is 0 Å². The van der Waals surface area contributed by atoms with Crippen LogP contribution in [0.25, 0.3) is 0 Å². The second kappa shape index (κ2) is 7.26. The van der Waals surface area contributed by atoms with Crippen molar-refractivity contribution in [3.8, 4) is 0 Å². The molecule has 0 saturated heterocycles. The van der Waals surface area contributed by atoms with Crippen LogP contribution in [0.4, 0.5) is 0 Å². The third-order valence-corrected chi connectivity index (χ3v) is 2.05. The number of hydrogen-bond acceptors (Lipinski definition) is 1. The molecule has 1 amide bonds. The Balaban J connectivity index is 4.30. The smallest absolute Gasteiger partial charge is 0.247 e. The van der Waals surface area contributed by atoms with Crippen LogP contribution in [0.1, 0.15) is 27.7 Å². The molecule has 14 heavy (non-hydrogen) atoms. The van der Waals surface area contributed by atoms with Crippen LogP contribution in [0, 0.1) is 11.8 Å². The van der Waals surface area contributed by atoms with E-state index in [1.54, 1.807) is 10.2 Å². The largest absolute Gasteiger partial charge is 0.339 e. The van der Waals surface area contributed by atoms with Gasteiger partial charge in [0.05, 0.1) is 0 Å². The van der Waals surface area contributed by atoms with Gasteiger partial charge in [-0.15, -0.1) is 0 Å². The number of amides is 1. The molecule has 0 aromatic carbocycles. The first kappa shape index (κ1) is 13.9. The number of halogens is 1. The van der Waals surface area contributed by atoms with E-state index in [4.69, 9.17) is 0 Å². The number of nitrogens with zero attached hydrogens (tertiary/aromatic N) is 1. The zero-order chi connectivity index (χ0) is 11.1. The molecule has 2 nitrogen and oxygen atoms in total. The molecule has 3 heteroatoms. The van der Waals surface area contributed by atoms with Crippen LogP contribution in [0.15, 0.2) is 10.2 Å². The topological polar surface area (TPSA) is 20.3 Å². The van der Waals surface area contributed by atoms with E-state index < -0.39 is 0 Å². The number of hydrogen-bond donors (Lipinski definition) is 0. The van der Waals surface area contributed by atoms with Gasteiger partial charge in [-0.05, 0) is 15.9 Å². The lowest BCUT2D eigenvalue weighted by Crippen LogP contribution is -2.35. The van der Waals surface area contributed by atoms with Crippen LogP contribution in [-0.2, 0) is 4.79 Å². The van der Waals surface area contributed by atoms with Crippen molar-refractivity contribution in [2.75, 3.05) is 13.1 Å². The van der Waals surface area contributed by atoms with Crippen molar-refractivity contribution < 1.29 is 4.79 Å². The molecule has 0 N–H and O–H groups in total.